The highest BCUT2D eigenvalue weighted by molar-refractivity contribution is 5.94. The van der Waals surface area contributed by atoms with Crippen molar-refractivity contribution in [3.63, 3.8) is 0 Å². The maximum Gasteiger partial charge on any atom is 0.253 e. The van der Waals surface area contributed by atoms with Crippen molar-refractivity contribution < 1.29 is 18.7 Å². The van der Waals surface area contributed by atoms with Crippen molar-refractivity contribution in [2.24, 2.45) is 5.73 Å². The van der Waals surface area contributed by atoms with Gasteiger partial charge in [0.2, 0.25) is 0 Å². The Kier molecular flexibility index (Phi) is 5.52. The number of methoxy groups -OCH3 is 1. The normalized spacial score (nSPS) is 16.0. The van der Waals surface area contributed by atoms with E-state index in [-0.39, 0.29) is 17.8 Å². The first-order chi connectivity index (χ1) is 10.2. The van der Waals surface area contributed by atoms with E-state index in [4.69, 9.17) is 15.2 Å². The molecule has 2 N–H and O–H groups in total. The van der Waals surface area contributed by atoms with E-state index in [1.54, 1.807) is 4.90 Å². The van der Waals surface area contributed by atoms with Crippen molar-refractivity contribution in [1.82, 2.24) is 4.90 Å². The highest BCUT2D eigenvalue weighted by Gasteiger charge is 2.24. The highest BCUT2D eigenvalue weighted by atomic mass is 19.1. The van der Waals surface area contributed by atoms with E-state index < -0.39 is 5.82 Å². The molecule has 1 amide bonds. The number of carbonyl (C=O) groups is 1. The summed E-state index contributed by atoms with van der Waals surface area (Å²) in [4.78, 5) is 14.1. The van der Waals surface area contributed by atoms with Crippen LogP contribution in [0.4, 0.5) is 4.39 Å². The van der Waals surface area contributed by atoms with Crippen LogP contribution in [-0.2, 0) is 4.74 Å². The number of hydrogen-bond acceptors (Lipinski definition) is 4. The molecule has 1 fully saturated rings. The van der Waals surface area contributed by atoms with Crippen LogP contribution < -0.4 is 10.5 Å². The van der Waals surface area contributed by atoms with Gasteiger partial charge in [0.1, 0.15) is 0 Å². The zero-order valence-electron chi connectivity index (χ0n) is 12.2. The molecule has 0 spiro atoms. The number of ether oxygens (including phenoxy) is 2. The summed E-state index contributed by atoms with van der Waals surface area (Å²) in [5.74, 6) is -0.490. The summed E-state index contributed by atoms with van der Waals surface area (Å²) in [6.07, 6.45) is 1.76. The third-order valence-electron chi connectivity index (χ3n) is 3.60. The Labute approximate surface area is 123 Å². The van der Waals surface area contributed by atoms with Crippen molar-refractivity contribution in [2.45, 2.75) is 18.9 Å². The van der Waals surface area contributed by atoms with E-state index in [0.717, 1.165) is 12.8 Å². The molecule has 2 rings (SSSR count). The summed E-state index contributed by atoms with van der Waals surface area (Å²) in [5, 5.41) is 0. The molecule has 5 nitrogen and oxygen atoms in total. The fraction of sp³-hybridized carbons (Fsp3) is 0.533. The Bertz CT molecular complexity index is 488. The highest BCUT2D eigenvalue weighted by Crippen LogP contribution is 2.21. The maximum atomic E-state index is 13.4. The first-order valence-corrected chi connectivity index (χ1v) is 7.10. The van der Waals surface area contributed by atoms with Crippen LogP contribution in [0.2, 0.25) is 0 Å². The van der Waals surface area contributed by atoms with Crippen LogP contribution in [-0.4, -0.2) is 50.3 Å². The quantitative estimate of drug-likeness (QED) is 0.892. The first kappa shape index (κ1) is 15.7. The lowest BCUT2D eigenvalue weighted by Crippen LogP contribution is -2.41. The molecule has 1 aromatic carbocycles. The van der Waals surface area contributed by atoms with Gasteiger partial charge < -0.3 is 20.1 Å². The molecule has 0 radical (unpaired) electrons. The second-order valence-electron chi connectivity index (χ2n) is 5.00. The fourth-order valence-corrected chi connectivity index (χ4v) is 2.44. The smallest absolute Gasteiger partial charge is 0.253 e. The standard InChI is InChI=1S/C15H21FN2O3/c1-20-14-10-11(2-3-13(14)16)15(19)18-7-4-12(5-8-18)21-9-6-17/h2-3,10,12H,4-9,17H2,1H3. The topological polar surface area (TPSA) is 64.8 Å². The molecule has 0 aliphatic carbocycles. The molecule has 21 heavy (non-hydrogen) atoms. The number of piperidine rings is 1. The Morgan fingerprint density at radius 3 is 2.76 bits per heavy atom. The summed E-state index contributed by atoms with van der Waals surface area (Å²) in [5.41, 5.74) is 5.84. The van der Waals surface area contributed by atoms with Gasteiger partial charge in [-0.2, -0.15) is 0 Å². The number of nitrogens with zero attached hydrogens (tertiary/aromatic N) is 1. The molecule has 1 aromatic rings. The minimum atomic E-state index is -0.469. The van der Waals surface area contributed by atoms with Gasteiger partial charge in [-0.1, -0.05) is 0 Å². The van der Waals surface area contributed by atoms with E-state index in [2.05, 4.69) is 0 Å². The van der Waals surface area contributed by atoms with Gasteiger partial charge in [0.25, 0.3) is 5.91 Å². The minimum absolute atomic E-state index is 0.0852. The molecular weight excluding hydrogens is 275 g/mol. The molecule has 1 aliphatic heterocycles. The van der Waals surface area contributed by atoms with Gasteiger partial charge in [0, 0.05) is 25.2 Å². The molecule has 0 atom stereocenters. The Hall–Kier alpha value is -1.66. The number of benzene rings is 1. The molecular formula is C15H21FN2O3. The molecule has 0 bridgehead atoms. The lowest BCUT2D eigenvalue weighted by atomic mass is 10.1. The molecule has 116 valence electrons. The predicted octanol–water partition coefficient (Wildman–Crippen LogP) is 1.41. The lowest BCUT2D eigenvalue weighted by Gasteiger charge is -2.32. The molecule has 1 saturated heterocycles. The van der Waals surface area contributed by atoms with Crippen molar-refractivity contribution in [3.05, 3.63) is 29.6 Å². The third kappa shape index (κ3) is 3.92. The first-order valence-electron chi connectivity index (χ1n) is 7.10. The van der Waals surface area contributed by atoms with Gasteiger partial charge >= 0.3 is 0 Å². The number of halogens is 1. The molecule has 1 heterocycles. The van der Waals surface area contributed by atoms with Gasteiger partial charge in [-0.05, 0) is 31.0 Å². The zero-order chi connectivity index (χ0) is 15.2. The van der Waals surface area contributed by atoms with Crippen molar-refractivity contribution in [3.8, 4) is 5.75 Å². The molecule has 0 saturated carbocycles. The zero-order valence-corrected chi connectivity index (χ0v) is 12.2. The van der Waals surface area contributed by atoms with Crippen LogP contribution in [0, 0.1) is 5.82 Å². The number of nitrogens with two attached hydrogens (primary N) is 1. The summed E-state index contributed by atoms with van der Waals surface area (Å²) in [6, 6.07) is 4.18. The van der Waals surface area contributed by atoms with Crippen molar-refractivity contribution in [2.75, 3.05) is 33.4 Å². The van der Waals surface area contributed by atoms with Gasteiger partial charge in [-0.3, -0.25) is 4.79 Å². The summed E-state index contributed by atoms with van der Waals surface area (Å²) < 4.78 is 23.9. The van der Waals surface area contributed by atoms with Gasteiger partial charge in [-0.15, -0.1) is 0 Å². The van der Waals surface area contributed by atoms with Crippen molar-refractivity contribution in [1.29, 1.82) is 0 Å². The van der Waals surface area contributed by atoms with Gasteiger partial charge in [-0.25, -0.2) is 4.39 Å². The van der Waals surface area contributed by atoms with Crippen molar-refractivity contribution >= 4 is 5.91 Å². The Morgan fingerprint density at radius 1 is 1.43 bits per heavy atom. The van der Waals surface area contributed by atoms with Crippen LogP contribution in [0.1, 0.15) is 23.2 Å². The van der Waals surface area contributed by atoms with Crippen LogP contribution in [0.3, 0.4) is 0 Å². The molecule has 0 unspecified atom stereocenters. The third-order valence-corrected chi connectivity index (χ3v) is 3.60. The number of carbonyl (C=O) groups excluding carboxylic acids is 1. The van der Waals surface area contributed by atoms with E-state index in [1.165, 1.54) is 25.3 Å². The van der Waals surface area contributed by atoms with E-state index in [1.807, 2.05) is 0 Å². The van der Waals surface area contributed by atoms with Gasteiger partial charge in [0.05, 0.1) is 19.8 Å². The maximum absolute atomic E-state index is 13.4. The van der Waals surface area contributed by atoms with Crippen LogP contribution in [0.5, 0.6) is 5.75 Å². The summed E-state index contributed by atoms with van der Waals surface area (Å²) >= 11 is 0. The monoisotopic (exact) mass is 296 g/mol. The lowest BCUT2D eigenvalue weighted by molar-refractivity contribution is 0.0121. The largest absolute Gasteiger partial charge is 0.494 e. The van der Waals surface area contributed by atoms with E-state index >= 15 is 0 Å². The molecule has 6 heteroatoms. The minimum Gasteiger partial charge on any atom is -0.494 e. The Balaban J connectivity index is 1.95. The van der Waals surface area contributed by atoms with Gasteiger partial charge in [0.15, 0.2) is 11.6 Å². The Morgan fingerprint density at radius 2 is 2.14 bits per heavy atom. The summed E-state index contributed by atoms with van der Waals surface area (Å²) in [6.45, 7) is 2.32. The van der Waals surface area contributed by atoms with E-state index in [9.17, 15) is 9.18 Å². The number of rotatable bonds is 5. The second-order valence-corrected chi connectivity index (χ2v) is 5.00. The number of likely N-dealkylation sites (tertiary alicyclic amines) is 1. The van der Waals surface area contributed by atoms with Crippen LogP contribution in [0.15, 0.2) is 18.2 Å². The number of amides is 1. The van der Waals surface area contributed by atoms with Crippen LogP contribution >= 0.6 is 0 Å². The SMILES string of the molecule is COc1cc(C(=O)N2CCC(OCCN)CC2)ccc1F. The summed E-state index contributed by atoms with van der Waals surface area (Å²) in [7, 11) is 1.38. The number of hydrogen-bond donors (Lipinski definition) is 1. The molecule has 1 aliphatic rings. The fourth-order valence-electron chi connectivity index (χ4n) is 2.44. The second kappa shape index (κ2) is 7.38. The average Bonchev–Trinajstić information content (AvgIpc) is 2.53. The van der Waals surface area contributed by atoms with E-state index in [0.29, 0.717) is 31.8 Å². The van der Waals surface area contributed by atoms with Crippen LogP contribution in [0.25, 0.3) is 0 Å². The average molecular weight is 296 g/mol. The molecule has 0 aromatic heterocycles. The predicted molar refractivity (Wildman–Crippen MR) is 76.9 cm³/mol.